The van der Waals surface area contributed by atoms with Crippen molar-refractivity contribution < 1.29 is 0 Å². The van der Waals surface area contributed by atoms with Crippen LogP contribution in [-0.2, 0) is 13.0 Å². The maximum absolute atomic E-state index is 4.35. The largest absolute Gasteiger partial charge is 0.316 e. The summed E-state index contributed by atoms with van der Waals surface area (Å²) in [6, 6.07) is 4.24. The maximum atomic E-state index is 4.35. The van der Waals surface area contributed by atoms with Gasteiger partial charge in [0.1, 0.15) is 0 Å². The molecule has 0 saturated carbocycles. The highest BCUT2D eigenvalue weighted by Gasteiger charge is 1.93. The van der Waals surface area contributed by atoms with Crippen LogP contribution in [0.2, 0.25) is 0 Å². The van der Waals surface area contributed by atoms with Gasteiger partial charge in [-0.05, 0) is 25.1 Å². The first-order valence-electron chi connectivity index (χ1n) is 4.45. The second kappa shape index (κ2) is 4.88. The molecule has 0 aliphatic rings. The van der Waals surface area contributed by atoms with E-state index in [9.17, 15) is 0 Å². The molecular weight excluding hydrogens is 148 g/mol. The third-order valence-electron chi connectivity index (χ3n) is 1.77. The summed E-state index contributed by atoms with van der Waals surface area (Å²) in [7, 11) is 1.94. The van der Waals surface area contributed by atoms with Gasteiger partial charge in [0.05, 0.1) is 0 Å². The molecule has 0 amide bonds. The van der Waals surface area contributed by atoms with Gasteiger partial charge < -0.3 is 5.32 Å². The van der Waals surface area contributed by atoms with Crippen LogP contribution in [0.4, 0.5) is 0 Å². The molecule has 0 atom stereocenters. The summed E-state index contributed by atoms with van der Waals surface area (Å²) < 4.78 is 0. The number of nitrogens with zero attached hydrogens (tertiary/aromatic N) is 1. The molecular formula is C10H16N2. The Morgan fingerprint density at radius 1 is 1.42 bits per heavy atom. The summed E-state index contributed by atoms with van der Waals surface area (Å²) in [6.45, 7) is 3.07. The zero-order chi connectivity index (χ0) is 8.81. The van der Waals surface area contributed by atoms with E-state index in [2.05, 4.69) is 29.4 Å². The van der Waals surface area contributed by atoms with Crippen molar-refractivity contribution in [2.24, 2.45) is 0 Å². The van der Waals surface area contributed by atoms with Gasteiger partial charge in [-0.3, -0.25) is 4.98 Å². The van der Waals surface area contributed by atoms with Crippen molar-refractivity contribution in [3.63, 3.8) is 0 Å². The van der Waals surface area contributed by atoms with Gasteiger partial charge in [0, 0.05) is 18.4 Å². The average molecular weight is 164 g/mol. The summed E-state index contributed by atoms with van der Waals surface area (Å²) in [5.41, 5.74) is 2.44. The molecule has 1 aromatic rings. The molecule has 0 fully saturated rings. The van der Waals surface area contributed by atoms with E-state index >= 15 is 0 Å². The first-order chi connectivity index (χ1) is 5.86. The van der Waals surface area contributed by atoms with Gasteiger partial charge in [0.25, 0.3) is 0 Å². The average Bonchev–Trinajstić information content (AvgIpc) is 2.09. The molecule has 2 nitrogen and oxygen atoms in total. The Labute approximate surface area is 74.0 Å². The number of pyridine rings is 1. The second-order valence-corrected chi connectivity index (χ2v) is 2.94. The molecule has 66 valence electrons. The zero-order valence-corrected chi connectivity index (χ0v) is 7.80. The first-order valence-corrected chi connectivity index (χ1v) is 4.45. The molecule has 0 unspecified atom stereocenters. The quantitative estimate of drug-likeness (QED) is 0.733. The smallest absolute Gasteiger partial charge is 0.0403 e. The lowest BCUT2D eigenvalue weighted by atomic mass is 10.2. The molecule has 0 bridgehead atoms. The second-order valence-electron chi connectivity index (χ2n) is 2.94. The molecule has 1 aromatic heterocycles. The van der Waals surface area contributed by atoms with E-state index in [-0.39, 0.29) is 0 Å². The predicted octanol–water partition coefficient (Wildman–Crippen LogP) is 1.75. The van der Waals surface area contributed by atoms with Crippen molar-refractivity contribution in [1.82, 2.24) is 10.3 Å². The van der Waals surface area contributed by atoms with Crippen molar-refractivity contribution in [2.45, 2.75) is 26.3 Å². The molecule has 0 aromatic carbocycles. The van der Waals surface area contributed by atoms with E-state index in [4.69, 9.17) is 0 Å². The van der Waals surface area contributed by atoms with Crippen LogP contribution in [0.15, 0.2) is 18.3 Å². The standard InChI is InChI=1S/C10H16N2/c1-3-4-10-6-5-9(7-11-2)8-12-10/h5-6,8,11H,3-4,7H2,1-2H3. The van der Waals surface area contributed by atoms with E-state index in [0.717, 1.165) is 13.0 Å². The minimum atomic E-state index is 0.902. The Kier molecular flexibility index (Phi) is 3.74. The predicted molar refractivity (Wildman–Crippen MR) is 51.0 cm³/mol. The van der Waals surface area contributed by atoms with E-state index in [1.807, 2.05) is 13.2 Å². The Morgan fingerprint density at radius 3 is 2.75 bits per heavy atom. The Morgan fingerprint density at radius 2 is 2.25 bits per heavy atom. The zero-order valence-electron chi connectivity index (χ0n) is 7.80. The van der Waals surface area contributed by atoms with Gasteiger partial charge in [-0.25, -0.2) is 0 Å². The lowest BCUT2D eigenvalue weighted by Gasteiger charge is -2.00. The Hall–Kier alpha value is -0.890. The highest BCUT2D eigenvalue weighted by molar-refractivity contribution is 5.13. The third-order valence-corrected chi connectivity index (χ3v) is 1.77. The van der Waals surface area contributed by atoms with E-state index in [1.165, 1.54) is 17.7 Å². The van der Waals surface area contributed by atoms with Crippen LogP contribution in [0.3, 0.4) is 0 Å². The highest BCUT2D eigenvalue weighted by atomic mass is 14.8. The highest BCUT2D eigenvalue weighted by Crippen LogP contribution is 2.01. The number of aromatic nitrogens is 1. The van der Waals surface area contributed by atoms with Gasteiger partial charge in [-0.2, -0.15) is 0 Å². The molecule has 12 heavy (non-hydrogen) atoms. The van der Waals surface area contributed by atoms with Crippen LogP contribution in [0, 0.1) is 0 Å². The van der Waals surface area contributed by atoms with Crippen molar-refractivity contribution in [3.05, 3.63) is 29.6 Å². The van der Waals surface area contributed by atoms with Crippen LogP contribution in [0.1, 0.15) is 24.6 Å². The normalized spacial score (nSPS) is 10.2. The topological polar surface area (TPSA) is 24.9 Å². The molecule has 2 heteroatoms. The summed E-state index contributed by atoms with van der Waals surface area (Å²) in [6.07, 6.45) is 4.19. The number of nitrogens with one attached hydrogen (secondary N) is 1. The third kappa shape index (κ3) is 2.62. The van der Waals surface area contributed by atoms with Crippen LogP contribution in [0.5, 0.6) is 0 Å². The Bertz CT molecular complexity index is 191. The van der Waals surface area contributed by atoms with Gasteiger partial charge in [0.15, 0.2) is 0 Å². The summed E-state index contributed by atoms with van der Waals surface area (Å²) >= 11 is 0. The minimum absolute atomic E-state index is 0.902. The molecule has 0 radical (unpaired) electrons. The van der Waals surface area contributed by atoms with Gasteiger partial charge in [-0.1, -0.05) is 19.4 Å². The van der Waals surface area contributed by atoms with Crippen LogP contribution >= 0.6 is 0 Å². The van der Waals surface area contributed by atoms with Gasteiger partial charge in [0.2, 0.25) is 0 Å². The lowest BCUT2D eigenvalue weighted by molar-refractivity contribution is 0.805. The van der Waals surface area contributed by atoms with Crippen LogP contribution < -0.4 is 5.32 Å². The Balaban J connectivity index is 2.58. The van der Waals surface area contributed by atoms with E-state index in [1.54, 1.807) is 0 Å². The van der Waals surface area contributed by atoms with Gasteiger partial charge in [-0.15, -0.1) is 0 Å². The fourth-order valence-electron chi connectivity index (χ4n) is 1.17. The number of hydrogen-bond donors (Lipinski definition) is 1. The fraction of sp³-hybridized carbons (Fsp3) is 0.500. The molecule has 0 spiro atoms. The molecule has 0 saturated heterocycles. The fourth-order valence-corrected chi connectivity index (χ4v) is 1.17. The SMILES string of the molecule is CCCc1ccc(CNC)cn1. The molecule has 1 rings (SSSR count). The van der Waals surface area contributed by atoms with Gasteiger partial charge >= 0.3 is 0 Å². The molecule has 0 aliphatic heterocycles. The monoisotopic (exact) mass is 164 g/mol. The van der Waals surface area contributed by atoms with Crippen molar-refractivity contribution in [2.75, 3.05) is 7.05 Å². The summed E-state index contributed by atoms with van der Waals surface area (Å²) in [5.74, 6) is 0. The summed E-state index contributed by atoms with van der Waals surface area (Å²) in [4.78, 5) is 4.35. The van der Waals surface area contributed by atoms with Crippen molar-refractivity contribution >= 4 is 0 Å². The van der Waals surface area contributed by atoms with Crippen molar-refractivity contribution in [1.29, 1.82) is 0 Å². The maximum Gasteiger partial charge on any atom is 0.0403 e. The lowest BCUT2D eigenvalue weighted by Crippen LogP contribution is -2.05. The minimum Gasteiger partial charge on any atom is -0.316 e. The first kappa shape index (κ1) is 9.20. The van der Waals surface area contributed by atoms with Crippen molar-refractivity contribution in [3.8, 4) is 0 Å². The van der Waals surface area contributed by atoms with Crippen LogP contribution in [0.25, 0.3) is 0 Å². The molecule has 1 heterocycles. The number of hydrogen-bond acceptors (Lipinski definition) is 2. The van der Waals surface area contributed by atoms with Crippen LogP contribution in [-0.4, -0.2) is 12.0 Å². The molecule has 0 aliphatic carbocycles. The number of aryl methyl sites for hydroxylation is 1. The van der Waals surface area contributed by atoms with E-state index in [0.29, 0.717) is 0 Å². The molecule has 1 N–H and O–H groups in total. The number of rotatable bonds is 4. The summed E-state index contributed by atoms with van der Waals surface area (Å²) in [5, 5.41) is 3.10. The van der Waals surface area contributed by atoms with E-state index < -0.39 is 0 Å².